The molecule has 0 spiro atoms. The molecule has 1 fully saturated rings. The summed E-state index contributed by atoms with van der Waals surface area (Å²) in [6.07, 6.45) is 16.8. The Bertz CT molecular complexity index is 1080. The largest absolute Gasteiger partial charge is 0.265 e. The van der Waals surface area contributed by atoms with Gasteiger partial charge in [0, 0.05) is 24.8 Å². The van der Waals surface area contributed by atoms with Crippen molar-refractivity contribution in [1.29, 1.82) is 0 Å². The van der Waals surface area contributed by atoms with Gasteiger partial charge in [-0.3, -0.25) is 9.97 Å². The van der Waals surface area contributed by atoms with Crippen molar-refractivity contribution in [3.63, 3.8) is 0 Å². The predicted molar refractivity (Wildman–Crippen MR) is 146 cm³/mol. The molecule has 4 aromatic rings. The van der Waals surface area contributed by atoms with Gasteiger partial charge in [0.1, 0.15) is 0 Å². The number of allylic oxidation sites excluding steroid dienone is 2. The maximum absolute atomic E-state index is 4.26. The summed E-state index contributed by atoms with van der Waals surface area (Å²) in [5, 5.41) is 0. The summed E-state index contributed by atoms with van der Waals surface area (Å²) in [4.78, 5) is 8.41. The van der Waals surface area contributed by atoms with Crippen LogP contribution >= 0.6 is 24.8 Å². The molecule has 2 aromatic carbocycles. The van der Waals surface area contributed by atoms with E-state index in [4.69, 9.17) is 0 Å². The van der Waals surface area contributed by atoms with E-state index in [-0.39, 0.29) is 24.8 Å². The molecule has 0 N–H and O–H groups in total. The van der Waals surface area contributed by atoms with E-state index in [0.717, 1.165) is 0 Å². The minimum Gasteiger partial charge on any atom is -0.265 e. The monoisotopic (exact) mass is 486 g/mol. The topological polar surface area (TPSA) is 25.8 Å². The molecule has 2 aromatic heterocycles. The standard InChI is InChI=1S/C30H26N2.2ClH/c1-3-7-23(8-4-1)11-13-28-27(14-12-24-15-19-31-20-16-24)29(25-9-5-2-6-10-25)30(28)26-17-21-32-22-18-26;;/h1-22,27-30H;2*1H/b13-11+,14-12+;;/t27-,28+,29+,30-;;/m1../s1. The van der Waals surface area contributed by atoms with E-state index in [1.807, 2.05) is 24.8 Å². The van der Waals surface area contributed by atoms with Crippen LogP contribution in [0.25, 0.3) is 12.2 Å². The Morgan fingerprint density at radius 1 is 0.471 bits per heavy atom. The van der Waals surface area contributed by atoms with Gasteiger partial charge in [-0.15, -0.1) is 24.8 Å². The fourth-order valence-electron chi connectivity index (χ4n) is 4.91. The van der Waals surface area contributed by atoms with Crippen LogP contribution in [0.3, 0.4) is 0 Å². The van der Waals surface area contributed by atoms with E-state index in [1.54, 1.807) is 0 Å². The highest BCUT2D eigenvalue weighted by Gasteiger charge is 2.48. The first-order valence-corrected chi connectivity index (χ1v) is 11.2. The second kappa shape index (κ2) is 12.3. The second-order valence-corrected chi connectivity index (χ2v) is 8.31. The normalized spacial score (nSPS) is 21.4. The van der Waals surface area contributed by atoms with Crippen LogP contribution in [0.1, 0.15) is 34.1 Å². The number of hydrogen-bond acceptors (Lipinski definition) is 2. The van der Waals surface area contributed by atoms with Crippen molar-refractivity contribution < 1.29 is 0 Å². The minimum atomic E-state index is 0. The average molecular weight is 487 g/mol. The van der Waals surface area contributed by atoms with Crippen LogP contribution in [0.15, 0.2) is 122 Å². The Hall–Kier alpha value is -3.20. The van der Waals surface area contributed by atoms with Crippen LogP contribution < -0.4 is 0 Å². The molecule has 0 amide bonds. The van der Waals surface area contributed by atoms with Gasteiger partial charge in [0.2, 0.25) is 0 Å². The number of rotatable bonds is 6. The minimum absolute atomic E-state index is 0. The van der Waals surface area contributed by atoms with E-state index in [2.05, 4.69) is 119 Å². The van der Waals surface area contributed by atoms with E-state index in [9.17, 15) is 0 Å². The molecule has 1 aliphatic rings. The van der Waals surface area contributed by atoms with Gasteiger partial charge >= 0.3 is 0 Å². The molecule has 0 saturated heterocycles. The highest BCUT2D eigenvalue weighted by molar-refractivity contribution is 5.85. The highest BCUT2D eigenvalue weighted by atomic mass is 35.5. The molecule has 1 aliphatic carbocycles. The first-order chi connectivity index (χ1) is 15.9. The van der Waals surface area contributed by atoms with Crippen molar-refractivity contribution in [3.8, 4) is 0 Å². The Kier molecular flexibility index (Phi) is 9.21. The smallest absolute Gasteiger partial charge is 0.0273 e. The summed E-state index contributed by atoms with van der Waals surface area (Å²) in [5.41, 5.74) is 5.17. The number of nitrogens with zero attached hydrogens (tertiary/aromatic N) is 2. The zero-order chi connectivity index (χ0) is 21.6. The molecule has 1 saturated carbocycles. The van der Waals surface area contributed by atoms with Crippen molar-refractivity contribution >= 4 is 37.0 Å². The Balaban J connectivity index is 0.00000162. The number of hydrogen-bond donors (Lipinski definition) is 0. The van der Waals surface area contributed by atoms with Gasteiger partial charge in [-0.05, 0) is 70.2 Å². The van der Waals surface area contributed by atoms with Crippen molar-refractivity contribution in [2.75, 3.05) is 0 Å². The average Bonchev–Trinajstić information content (AvgIpc) is 2.86. The van der Waals surface area contributed by atoms with Crippen LogP contribution in [0.4, 0.5) is 0 Å². The molecule has 5 rings (SSSR count). The molecule has 34 heavy (non-hydrogen) atoms. The van der Waals surface area contributed by atoms with Crippen molar-refractivity contribution in [3.05, 3.63) is 144 Å². The third kappa shape index (κ3) is 5.64. The van der Waals surface area contributed by atoms with E-state index in [1.165, 1.54) is 22.3 Å². The molecule has 0 aliphatic heterocycles. The summed E-state index contributed by atoms with van der Waals surface area (Å²) >= 11 is 0. The number of halogens is 2. The van der Waals surface area contributed by atoms with Crippen LogP contribution in [0.5, 0.6) is 0 Å². The van der Waals surface area contributed by atoms with Crippen molar-refractivity contribution in [2.24, 2.45) is 11.8 Å². The zero-order valence-electron chi connectivity index (χ0n) is 18.7. The molecule has 4 atom stereocenters. The lowest BCUT2D eigenvalue weighted by Crippen LogP contribution is -2.41. The van der Waals surface area contributed by atoms with Crippen LogP contribution in [-0.4, -0.2) is 9.97 Å². The summed E-state index contributed by atoms with van der Waals surface area (Å²) in [5.74, 6) is 1.64. The number of aromatic nitrogens is 2. The molecule has 0 bridgehead atoms. The summed E-state index contributed by atoms with van der Waals surface area (Å²) < 4.78 is 0. The first-order valence-electron chi connectivity index (χ1n) is 11.2. The molecule has 2 nitrogen and oxygen atoms in total. The van der Waals surface area contributed by atoms with Gasteiger partial charge in [0.15, 0.2) is 0 Å². The Morgan fingerprint density at radius 2 is 0.882 bits per heavy atom. The zero-order valence-corrected chi connectivity index (χ0v) is 20.4. The summed E-state index contributed by atoms with van der Waals surface area (Å²) in [7, 11) is 0. The predicted octanol–water partition coefficient (Wildman–Crippen LogP) is 7.86. The first kappa shape index (κ1) is 25.4. The molecule has 172 valence electrons. The Labute approximate surface area is 214 Å². The molecule has 0 radical (unpaired) electrons. The fraction of sp³-hybridized carbons (Fsp3) is 0.133. The number of pyridine rings is 2. The third-order valence-electron chi connectivity index (χ3n) is 6.46. The van der Waals surface area contributed by atoms with E-state index < -0.39 is 0 Å². The fourth-order valence-corrected chi connectivity index (χ4v) is 4.91. The summed E-state index contributed by atoms with van der Waals surface area (Å²) in [6.45, 7) is 0. The van der Waals surface area contributed by atoms with Crippen LogP contribution in [0, 0.1) is 11.8 Å². The highest BCUT2D eigenvalue weighted by Crippen LogP contribution is 2.59. The molecule has 4 heteroatoms. The lowest BCUT2D eigenvalue weighted by molar-refractivity contribution is 0.177. The second-order valence-electron chi connectivity index (χ2n) is 8.31. The number of benzene rings is 2. The summed E-state index contributed by atoms with van der Waals surface area (Å²) in [6, 6.07) is 30.0. The lowest BCUT2D eigenvalue weighted by Gasteiger charge is -2.51. The van der Waals surface area contributed by atoms with Crippen LogP contribution in [0.2, 0.25) is 0 Å². The maximum atomic E-state index is 4.26. The molecule has 2 heterocycles. The quantitative estimate of drug-likeness (QED) is 0.277. The van der Waals surface area contributed by atoms with Crippen LogP contribution in [-0.2, 0) is 0 Å². The van der Waals surface area contributed by atoms with Gasteiger partial charge in [0.05, 0.1) is 0 Å². The lowest BCUT2D eigenvalue weighted by atomic mass is 9.52. The third-order valence-corrected chi connectivity index (χ3v) is 6.46. The van der Waals surface area contributed by atoms with Crippen molar-refractivity contribution in [1.82, 2.24) is 9.97 Å². The SMILES string of the molecule is C(=C\[C@H]1[C@@H](/C=C/c2ccncc2)[C@H](c2ccccc2)[C@@H]1c1ccncc1)/c1ccccc1.Cl.Cl. The van der Waals surface area contributed by atoms with Gasteiger partial charge < -0.3 is 0 Å². The van der Waals surface area contributed by atoms with E-state index >= 15 is 0 Å². The van der Waals surface area contributed by atoms with Crippen molar-refractivity contribution in [2.45, 2.75) is 11.8 Å². The van der Waals surface area contributed by atoms with Gasteiger partial charge in [-0.25, -0.2) is 0 Å². The van der Waals surface area contributed by atoms with Gasteiger partial charge in [0.25, 0.3) is 0 Å². The maximum Gasteiger partial charge on any atom is 0.0273 e. The molecular weight excluding hydrogens is 459 g/mol. The Morgan fingerprint density at radius 3 is 1.41 bits per heavy atom. The molecular formula is C30H28Cl2N2. The van der Waals surface area contributed by atoms with Gasteiger partial charge in [-0.2, -0.15) is 0 Å². The van der Waals surface area contributed by atoms with E-state index in [0.29, 0.717) is 23.7 Å². The molecule has 0 unspecified atom stereocenters. The van der Waals surface area contributed by atoms with Gasteiger partial charge in [-0.1, -0.05) is 85.0 Å².